The number of carbonyl (C=O) groups excluding carboxylic acids is 2. The molecule has 0 aromatic heterocycles. The van der Waals surface area contributed by atoms with Crippen molar-refractivity contribution in [1.82, 2.24) is 9.80 Å². The molecule has 0 aliphatic carbocycles. The third-order valence-electron chi connectivity index (χ3n) is 6.69. The van der Waals surface area contributed by atoms with Crippen LogP contribution in [0.2, 0.25) is 0 Å². The van der Waals surface area contributed by atoms with E-state index in [1.54, 1.807) is 0 Å². The van der Waals surface area contributed by atoms with Crippen LogP contribution >= 0.6 is 0 Å². The van der Waals surface area contributed by atoms with Gasteiger partial charge in [-0.2, -0.15) is 0 Å². The molecule has 0 saturated carbocycles. The summed E-state index contributed by atoms with van der Waals surface area (Å²) in [6.07, 6.45) is 1.64. The first-order valence-electron chi connectivity index (χ1n) is 11.9. The molecule has 0 spiro atoms. The summed E-state index contributed by atoms with van der Waals surface area (Å²) in [5.41, 5.74) is 3.30. The molecule has 1 fully saturated rings. The molecule has 2 amide bonds. The van der Waals surface area contributed by atoms with Gasteiger partial charge in [0.15, 0.2) is 6.61 Å². The number of anilines is 1. The summed E-state index contributed by atoms with van der Waals surface area (Å²) in [6, 6.07) is 25.0. The predicted octanol–water partition coefficient (Wildman–Crippen LogP) is 5.02. The minimum Gasteiger partial charge on any atom is -0.483 e. The highest BCUT2D eigenvalue weighted by atomic mass is 16.5. The first-order chi connectivity index (χ1) is 16.6. The van der Waals surface area contributed by atoms with E-state index in [2.05, 4.69) is 5.32 Å². The Hall–Kier alpha value is -3.80. The van der Waals surface area contributed by atoms with Crippen molar-refractivity contribution in [2.24, 2.45) is 0 Å². The average molecular weight is 456 g/mol. The molecule has 1 N–H and O–H groups in total. The monoisotopic (exact) mass is 455 g/mol. The molecule has 1 saturated heterocycles. The van der Waals surface area contributed by atoms with Gasteiger partial charge in [0.1, 0.15) is 11.9 Å². The maximum Gasteiger partial charge on any atom is 0.260 e. The van der Waals surface area contributed by atoms with E-state index in [0.29, 0.717) is 11.3 Å². The fourth-order valence-corrected chi connectivity index (χ4v) is 4.82. The molecular formula is C28H29N3O3. The second-order valence-corrected chi connectivity index (χ2v) is 8.81. The zero-order chi connectivity index (χ0) is 23.5. The largest absolute Gasteiger partial charge is 0.483 e. The van der Waals surface area contributed by atoms with Crippen LogP contribution in [0.4, 0.5) is 5.69 Å². The number of fused-ring (bicyclic) bond motifs is 1. The van der Waals surface area contributed by atoms with E-state index in [4.69, 9.17) is 4.74 Å². The number of nitrogens with one attached hydrogen (secondary N) is 1. The third kappa shape index (κ3) is 4.23. The molecule has 0 radical (unpaired) electrons. The summed E-state index contributed by atoms with van der Waals surface area (Å²) in [4.78, 5) is 30.1. The number of ether oxygens (including phenoxy) is 1. The van der Waals surface area contributed by atoms with Crippen LogP contribution in [-0.4, -0.2) is 41.3 Å². The molecule has 3 aromatic carbocycles. The molecule has 6 heteroatoms. The highest BCUT2D eigenvalue weighted by Crippen LogP contribution is 2.41. The van der Waals surface area contributed by atoms with Crippen LogP contribution < -0.4 is 10.1 Å². The van der Waals surface area contributed by atoms with Crippen LogP contribution in [0.15, 0.2) is 78.9 Å². The summed E-state index contributed by atoms with van der Waals surface area (Å²) < 4.78 is 6.05. The maximum absolute atomic E-state index is 13.8. The Morgan fingerprint density at radius 3 is 2.44 bits per heavy atom. The topological polar surface area (TPSA) is 61.9 Å². The van der Waals surface area contributed by atoms with Gasteiger partial charge in [0.2, 0.25) is 0 Å². The van der Waals surface area contributed by atoms with Crippen LogP contribution in [0.25, 0.3) is 0 Å². The van der Waals surface area contributed by atoms with Crippen LogP contribution in [-0.2, 0) is 4.79 Å². The Bertz CT molecular complexity index is 1170. The van der Waals surface area contributed by atoms with Crippen molar-refractivity contribution in [1.29, 1.82) is 0 Å². The van der Waals surface area contributed by atoms with Crippen LogP contribution in [0, 0.1) is 0 Å². The number of benzene rings is 3. The molecule has 3 aromatic rings. The van der Waals surface area contributed by atoms with Gasteiger partial charge in [-0.05, 0) is 43.5 Å². The van der Waals surface area contributed by atoms with Crippen molar-refractivity contribution in [3.8, 4) is 5.75 Å². The highest BCUT2D eigenvalue weighted by molar-refractivity contribution is 6.02. The van der Waals surface area contributed by atoms with E-state index in [9.17, 15) is 9.59 Å². The SMILES string of the molecule is C[C@H](c1ccccc1)N1C(=O)c2ccccc2N[C@H]1c1ccccc1OCC(=O)N1CCCC1. The maximum atomic E-state index is 13.8. The van der Waals surface area contributed by atoms with E-state index < -0.39 is 6.17 Å². The van der Waals surface area contributed by atoms with Gasteiger partial charge in [0, 0.05) is 24.3 Å². The molecule has 0 unspecified atom stereocenters. The molecule has 34 heavy (non-hydrogen) atoms. The van der Waals surface area contributed by atoms with Crippen molar-refractivity contribution < 1.29 is 14.3 Å². The summed E-state index contributed by atoms with van der Waals surface area (Å²) in [7, 11) is 0. The van der Waals surface area contributed by atoms with Crippen molar-refractivity contribution in [3.63, 3.8) is 0 Å². The molecule has 5 rings (SSSR count). The Kier molecular flexibility index (Phi) is 6.21. The van der Waals surface area contributed by atoms with E-state index >= 15 is 0 Å². The quantitative estimate of drug-likeness (QED) is 0.567. The third-order valence-corrected chi connectivity index (χ3v) is 6.69. The van der Waals surface area contributed by atoms with E-state index in [1.807, 2.05) is 95.6 Å². The van der Waals surface area contributed by atoms with Crippen molar-refractivity contribution in [2.75, 3.05) is 25.0 Å². The van der Waals surface area contributed by atoms with Gasteiger partial charge in [-0.1, -0.05) is 60.7 Å². The van der Waals surface area contributed by atoms with Crippen molar-refractivity contribution in [2.45, 2.75) is 32.0 Å². The minimum absolute atomic E-state index is 0.000150. The fourth-order valence-electron chi connectivity index (χ4n) is 4.82. The normalized spacial score (nSPS) is 18.3. The lowest BCUT2D eigenvalue weighted by atomic mass is 9.98. The number of likely N-dealkylation sites (tertiary alicyclic amines) is 1. The molecule has 174 valence electrons. The number of carbonyl (C=O) groups is 2. The zero-order valence-corrected chi connectivity index (χ0v) is 19.3. The summed E-state index contributed by atoms with van der Waals surface area (Å²) >= 11 is 0. The number of amides is 2. The van der Waals surface area contributed by atoms with E-state index in [1.165, 1.54) is 0 Å². The number of rotatable bonds is 6. The highest BCUT2D eigenvalue weighted by Gasteiger charge is 2.37. The molecule has 2 atom stereocenters. The van der Waals surface area contributed by atoms with E-state index in [-0.39, 0.29) is 24.5 Å². The van der Waals surface area contributed by atoms with Gasteiger partial charge in [-0.25, -0.2) is 0 Å². The molecule has 6 nitrogen and oxygen atoms in total. The second kappa shape index (κ2) is 9.59. The first kappa shape index (κ1) is 22.0. The van der Waals surface area contributed by atoms with Gasteiger partial charge in [-0.15, -0.1) is 0 Å². The smallest absolute Gasteiger partial charge is 0.260 e. The molecule has 2 aliphatic rings. The Morgan fingerprint density at radius 2 is 1.65 bits per heavy atom. The summed E-state index contributed by atoms with van der Waals surface area (Å²) in [6.45, 7) is 3.61. The molecule has 0 bridgehead atoms. The number of hydrogen-bond acceptors (Lipinski definition) is 4. The van der Waals surface area contributed by atoms with Gasteiger partial charge in [-0.3, -0.25) is 9.59 Å². The Labute approximate surface area is 200 Å². The fraction of sp³-hybridized carbons (Fsp3) is 0.286. The van der Waals surface area contributed by atoms with Crippen molar-refractivity contribution in [3.05, 3.63) is 95.6 Å². The number of nitrogens with zero attached hydrogens (tertiary/aromatic N) is 2. The summed E-state index contributed by atoms with van der Waals surface area (Å²) in [5.74, 6) is 0.559. The molecular weight excluding hydrogens is 426 g/mol. The lowest BCUT2D eigenvalue weighted by molar-refractivity contribution is -0.132. The Balaban J connectivity index is 1.49. The van der Waals surface area contributed by atoms with E-state index in [0.717, 1.165) is 42.7 Å². The standard InChI is InChI=1S/C28H29N3O3/c1-20(21-11-3-2-4-12-21)31-27(29-24-15-7-5-13-22(24)28(31)33)23-14-6-8-16-25(23)34-19-26(32)30-17-9-10-18-30/h2-8,11-16,20,27,29H,9-10,17-19H2,1H3/t20-,27-/m1/s1. The zero-order valence-electron chi connectivity index (χ0n) is 19.3. The molecule has 2 aliphatic heterocycles. The van der Waals surface area contributed by atoms with Gasteiger partial charge in [0.25, 0.3) is 11.8 Å². The number of para-hydroxylation sites is 2. The van der Waals surface area contributed by atoms with Crippen LogP contribution in [0.5, 0.6) is 5.75 Å². The van der Waals surface area contributed by atoms with Crippen LogP contribution in [0.3, 0.4) is 0 Å². The summed E-state index contributed by atoms with van der Waals surface area (Å²) in [5, 5.41) is 3.56. The van der Waals surface area contributed by atoms with Gasteiger partial charge < -0.3 is 19.9 Å². The van der Waals surface area contributed by atoms with Gasteiger partial charge in [0.05, 0.1) is 11.6 Å². The lowest BCUT2D eigenvalue weighted by Gasteiger charge is -2.42. The van der Waals surface area contributed by atoms with Gasteiger partial charge >= 0.3 is 0 Å². The predicted molar refractivity (Wildman–Crippen MR) is 132 cm³/mol. The minimum atomic E-state index is -0.448. The average Bonchev–Trinajstić information content (AvgIpc) is 3.43. The van der Waals surface area contributed by atoms with Crippen LogP contribution in [0.1, 0.15) is 53.5 Å². The Morgan fingerprint density at radius 1 is 0.971 bits per heavy atom. The number of hydrogen-bond donors (Lipinski definition) is 1. The second-order valence-electron chi connectivity index (χ2n) is 8.81. The first-order valence-corrected chi connectivity index (χ1v) is 11.9. The lowest BCUT2D eigenvalue weighted by Crippen LogP contribution is -2.44. The van der Waals surface area contributed by atoms with Crippen molar-refractivity contribution >= 4 is 17.5 Å². The molecule has 2 heterocycles.